The van der Waals surface area contributed by atoms with Crippen molar-refractivity contribution in [1.29, 1.82) is 0 Å². The van der Waals surface area contributed by atoms with Crippen LogP contribution in [0.4, 0.5) is 4.79 Å². The van der Waals surface area contributed by atoms with Crippen LogP contribution in [-0.2, 0) is 11.3 Å². The Morgan fingerprint density at radius 3 is 2.81 bits per heavy atom. The highest BCUT2D eigenvalue weighted by molar-refractivity contribution is 6.16. The molecule has 1 saturated carbocycles. The lowest BCUT2D eigenvalue weighted by molar-refractivity contribution is -0.460. The zero-order chi connectivity index (χ0) is 18.8. The number of nitrogens with zero attached hydrogens (tertiary/aromatic N) is 4. The maximum absolute atomic E-state index is 13.0. The zero-order valence-corrected chi connectivity index (χ0v) is 15.6. The van der Waals surface area contributed by atoms with Gasteiger partial charge in [0.25, 0.3) is 5.89 Å². The molecule has 1 atom stereocenters. The van der Waals surface area contributed by atoms with Crippen LogP contribution in [-0.4, -0.2) is 43.8 Å². The largest absolute Gasteiger partial charge is 0.501 e. The van der Waals surface area contributed by atoms with Gasteiger partial charge >= 0.3 is 11.9 Å². The number of hydrogen-bond donors (Lipinski definition) is 0. The molecular weight excluding hydrogens is 344 g/mol. The van der Waals surface area contributed by atoms with Gasteiger partial charge in [-0.05, 0) is 25.3 Å². The van der Waals surface area contributed by atoms with E-state index in [2.05, 4.69) is 10.1 Å². The number of carbonyl (C=O) groups is 2. The number of carbonyl (C=O) groups excluding carboxylic acids is 2. The number of imide groups is 1. The summed E-state index contributed by atoms with van der Waals surface area (Å²) in [7, 11) is 0. The topological polar surface area (TPSA) is 79.3 Å². The minimum Gasteiger partial charge on any atom is -0.335 e. The van der Waals surface area contributed by atoms with Crippen molar-refractivity contribution in [2.45, 2.75) is 57.9 Å². The second kappa shape index (κ2) is 7.58. The van der Waals surface area contributed by atoms with Gasteiger partial charge in [0.1, 0.15) is 11.6 Å². The van der Waals surface area contributed by atoms with E-state index in [9.17, 15) is 9.59 Å². The first kappa shape index (κ1) is 17.8. The first-order valence-corrected chi connectivity index (χ1v) is 9.86. The summed E-state index contributed by atoms with van der Waals surface area (Å²) >= 11 is 0. The summed E-state index contributed by atoms with van der Waals surface area (Å²) in [5.41, 5.74) is 0.678. The number of urea groups is 1. The van der Waals surface area contributed by atoms with Gasteiger partial charge in [-0.3, -0.25) is 0 Å². The number of fused-ring (bicyclic) bond motifs is 1. The van der Waals surface area contributed by atoms with Crippen molar-refractivity contribution in [1.82, 2.24) is 15.0 Å². The Labute approximate surface area is 158 Å². The molecule has 0 saturated heterocycles. The van der Waals surface area contributed by atoms with Crippen molar-refractivity contribution in [2.75, 3.05) is 6.54 Å². The van der Waals surface area contributed by atoms with Crippen LogP contribution in [0.25, 0.3) is 0 Å². The Balaban J connectivity index is 1.62. The van der Waals surface area contributed by atoms with Gasteiger partial charge in [0, 0.05) is 5.92 Å². The van der Waals surface area contributed by atoms with Crippen LogP contribution in [0.1, 0.15) is 63.1 Å². The van der Waals surface area contributed by atoms with E-state index >= 15 is 0 Å². The highest BCUT2D eigenvalue weighted by Crippen LogP contribution is 2.31. The Kier molecular flexibility index (Phi) is 5.01. The Hall–Kier alpha value is -2.57. The second-order valence-corrected chi connectivity index (χ2v) is 7.39. The fourth-order valence-electron chi connectivity index (χ4n) is 4.10. The molecule has 2 heterocycles. The quantitative estimate of drug-likeness (QED) is 0.745. The molecule has 0 spiro atoms. The molecule has 2 aliphatic carbocycles. The van der Waals surface area contributed by atoms with Gasteiger partial charge in [0.15, 0.2) is 12.4 Å². The van der Waals surface area contributed by atoms with Gasteiger partial charge in [0.05, 0.1) is 6.54 Å². The summed E-state index contributed by atoms with van der Waals surface area (Å²) in [6.07, 6.45) is 13.9. The van der Waals surface area contributed by atoms with Crippen LogP contribution in [0.5, 0.6) is 0 Å². The van der Waals surface area contributed by atoms with Crippen molar-refractivity contribution in [3.8, 4) is 0 Å². The van der Waals surface area contributed by atoms with Crippen molar-refractivity contribution in [3.05, 3.63) is 36.0 Å². The third-order valence-electron chi connectivity index (χ3n) is 5.50. The molecule has 4 rings (SSSR count). The van der Waals surface area contributed by atoms with Crippen LogP contribution < -0.4 is 0 Å². The SMILES string of the molecule is CCCN1C(=O)C2C=CC=CC2=[N+](Cc2nc(C3CCCCC3)no2)C1=O. The van der Waals surface area contributed by atoms with E-state index < -0.39 is 5.92 Å². The van der Waals surface area contributed by atoms with Crippen LogP contribution in [0.15, 0.2) is 28.8 Å². The molecule has 3 amide bonds. The monoisotopic (exact) mass is 369 g/mol. The van der Waals surface area contributed by atoms with Crippen molar-refractivity contribution in [2.24, 2.45) is 5.92 Å². The van der Waals surface area contributed by atoms with Gasteiger partial charge in [0.2, 0.25) is 0 Å². The number of hydrogen-bond acceptors (Lipinski definition) is 5. The van der Waals surface area contributed by atoms with Crippen LogP contribution in [0.3, 0.4) is 0 Å². The molecule has 0 bridgehead atoms. The molecule has 1 fully saturated rings. The minimum atomic E-state index is -0.431. The summed E-state index contributed by atoms with van der Waals surface area (Å²) in [6.45, 7) is 2.55. The average Bonchev–Trinajstić information content (AvgIpc) is 3.18. The van der Waals surface area contributed by atoms with Crippen molar-refractivity contribution >= 4 is 17.6 Å². The van der Waals surface area contributed by atoms with Gasteiger partial charge in [-0.25, -0.2) is 4.79 Å². The predicted octanol–water partition coefficient (Wildman–Crippen LogP) is 3.19. The Bertz CT molecular complexity index is 830. The van der Waals surface area contributed by atoms with E-state index in [1.54, 1.807) is 4.58 Å². The standard InChI is InChI=1S/C20H25N4O3/c1-2-12-23-19(25)15-10-6-7-11-16(15)24(20(23)26)13-17-21-18(22-27-17)14-8-4-3-5-9-14/h6-7,10-11,14-15H,2-5,8-9,12-13H2,1H3/q+1. The number of amides is 3. The second-order valence-electron chi connectivity index (χ2n) is 7.39. The van der Waals surface area contributed by atoms with Crippen molar-refractivity contribution in [3.63, 3.8) is 0 Å². The van der Waals surface area contributed by atoms with Crippen LogP contribution >= 0.6 is 0 Å². The first-order valence-electron chi connectivity index (χ1n) is 9.86. The van der Waals surface area contributed by atoms with E-state index in [0.29, 0.717) is 24.1 Å². The summed E-state index contributed by atoms with van der Waals surface area (Å²) in [4.78, 5) is 31.5. The predicted molar refractivity (Wildman–Crippen MR) is 98.3 cm³/mol. The molecule has 0 aromatic carbocycles. The van der Waals surface area contributed by atoms with Crippen molar-refractivity contribution < 1.29 is 18.7 Å². The molecule has 1 unspecified atom stereocenters. The minimum absolute atomic E-state index is 0.165. The third kappa shape index (κ3) is 3.38. The molecule has 3 aliphatic rings. The molecule has 0 radical (unpaired) electrons. The molecule has 1 aromatic rings. The molecular formula is C20H25N4O3+. The lowest BCUT2D eigenvalue weighted by Gasteiger charge is -2.26. The lowest BCUT2D eigenvalue weighted by Crippen LogP contribution is -2.54. The first-order chi connectivity index (χ1) is 13.2. The van der Waals surface area contributed by atoms with Crippen LogP contribution in [0.2, 0.25) is 0 Å². The normalized spacial score (nSPS) is 23.3. The smallest absolute Gasteiger partial charge is 0.335 e. The fraction of sp³-hybridized carbons (Fsp3) is 0.550. The van der Waals surface area contributed by atoms with Gasteiger partial charge in [-0.1, -0.05) is 49.6 Å². The lowest BCUT2D eigenvalue weighted by atomic mass is 9.89. The Morgan fingerprint density at radius 2 is 2.04 bits per heavy atom. The number of allylic oxidation sites excluding steroid dienone is 3. The van der Waals surface area contributed by atoms with Crippen LogP contribution in [0, 0.1) is 5.92 Å². The molecule has 0 N–H and O–H groups in total. The highest BCUT2D eigenvalue weighted by Gasteiger charge is 2.46. The molecule has 142 valence electrons. The molecule has 1 aliphatic heterocycles. The number of aromatic nitrogens is 2. The molecule has 27 heavy (non-hydrogen) atoms. The van der Waals surface area contributed by atoms with E-state index in [1.807, 2.05) is 31.2 Å². The zero-order valence-electron chi connectivity index (χ0n) is 15.6. The van der Waals surface area contributed by atoms with E-state index in [1.165, 1.54) is 24.2 Å². The highest BCUT2D eigenvalue weighted by atomic mass is 16.5. The van der Waals surface area contributed by atoms with E-state index in [-0.39, 0.29) is 18.5 Å². The van der Waals surface area contributed by atoms with Gasteiger partial charge in [-0.15, -0.1) is 0 Å². The molecule has 7 nitrogen and oxygen atoms in total. The molecule has 1 aromatic heterocycles. The third-order valence-corrected chi connectivity index (χ3v) is 5.50. The Morgan fingerprint density at radius 1 is 1.22 bits per heavy atom. The summed E-state index contributed by atoms with van der Waals surface area (Å²) < 4.78 is 7.05. The molecule has 7 heteroatoms. The fourth-order valence-corrected chi connectivity index (χ4v) is 4.10. The maximum atomic E-state index is 13.0. The van der Waals surface area contributed by atoms with E-state index in [4.69, 9.17) is 4.52 Å². The van der Waals surface area contributed by atoms with E-state index in [0.717, 1.165) is 25.1 Å². The average molecular weight is 369 g/mol. The number of rotatable bonds is 5. The maximum Gasteiger partial charge on any atom is 0.501 e. The summed E-state index contributed by atoms with van der Waals surface area (Å²) in [5, 5.41) is 4.16. The van der Waals surface area contributed by atoms with Gasteiger partial charge < -0.3 is 4.52 Å². The van der Waals surface area contributed by atoms with Gasteiger partial charge in [-0.2, -0.15) is 19.3 Å². The summed E-state index contributed by atoms with van der Waals surface area (Å²) in [5.74, 6) is 0.923. The summed E-state index contributed by atoms with van der Waals surface area (Å²) in [6, 6.07) is -0.314.